The highest BCUT2D eigenvalue weighted by Gasteiger charge is 2.26. The van der Waals surface area contributed by atoms with Gasteiger partial charge >= 0.3 is 11.9 Å². The zero-order valence-corrected chi connectivity index (χ0v) is 24.2. The number of halogens is 1. The summed E-state index contributed by atoms with van der Waals surface area (Å²) in [5.74, 6) is 1.58. The maximum Gasteiger partial charge on any atom is 0.310 e. The van der Waals surface area contributed by atoms with Crippen molar-refractivity contribution in [1.82, 2.24) is 0 Å². The molecule has 3 aliphatic carbocycles. The number of rotatable bonds is 0. The summed E-state index contributed by atoms with van der Waals surface area (Å²) in [6, 6.07) is 0. The first-order chi connectivity index (χ1) is 15.8. The Labute approximate surface area is 223 Å². The van der Waals surface area contributed by atoms with Gasteiger partial charge in [0.2, 0.25) is 0 Å². The number of aliphatic hydroxyl groups excluding tert-OH is 1. The molecule has 8 nitrogen and oxygen atoms in total. The molecule has 0 aliphatic heterocycles. The second kappa shape index (κ2) is 19.0. The molecule has 35 heavy (non-hydrogen) atoms. The van der Waals surface area contributed by atoms with Gasteiger partial charge in [0.1, 0.15) is 17.7 Å². The van der Waals surface area contributed by atoms with E-state index in [1.165, 1.54) is 26.7 Å². The molecule has 0 aromatic carbocycles. The highest BCUT2D eigenvalue weighted by Crippen LogP contribution is 2.27. The Hall–Kier alpha value is -1.20. The van der Waals surface area contributed by atoms with Crippen LogP contribution < -0.4 is 0 Å². The number of carbonyl (C=O) groups is 5. The highest BCUT2D eigenvalue weighted by molar-refractivity contribution is 14.1. The molecule has 0 bridgehead atoms. The Morgan fingerprint density at radius 1 is 0.743 bits per heavy atom. The van der Waals surface area contributed by atoms with Crippen molar-refractivity contribution in [2.24, 2.45) is 23.7 Å². The molecule has 0 saturated heterocycles. The van der Waals surface area contributed by atoms with E-state index in [0.29, 0.717) is 39.7 Å². The SMILES string of the molecule is CC(=O)OC(C)=O.CC1CCCC(=O)C1C.CC1CCCC(=O)C1I.CC1CCCC(=O)C1O.[OH-]. The molecule has 3 fully saturated rings. The third kappa shape index (κ3) is 15.5. The van der Waals surface area contributed by atoms with Crippen LogP contribution in [0.2, 0.25) is 0 Å². The van der Waals surface area contributed by atoms with Gasteiger partial charge in [-0.3, -0.25) is 24.0 Å². The van der Waals surface area contributed by atoms with Crippen LogP contribution in [-0.2, 0) is 28.7 Å². The minimum absolute atomic E-state index is 0. The van der Waals surface area contributed by atoms with Crippen LogP contribution in [0.4, 0.5) is 0 Å². The van der Waals surface area contributed by atoms with Crippen molar-refractivity contribution >= 4 is 51.9 Å². The Kier molecular flexibility index (Phi) is 19.5. The van der Waals surface area contributed by atoms with Crippen LogP contribution in [0.15, 0.2) is 0 Å². The number of ketones is 3. The molecular formula is C26H44IO8-. The molecule has 0 heterocycles. The smallest absolute Gasteiger partial charge is 0.310 e. The predicted molar refractivity (Wildman–Crippen MR) is 141 cm³/mol. The summed E-state index contributed by atoms with van der Waals surface area (Å²) in [7, 11) is 0. The molecule has 0 amide bonds. The van der Waals surface area contributed by atoms with Gasteiger partial charge in [0, 0.05) is 39.0 Å². The highest BCUT2D eigenvalue weighted by atomic mass is 127. The normalized spacial score (nSPS) is 30.0. The molecule has 3 aliphatic rings. The number of hydrogen-bond acceptors (Lipinski definition) is 8. The van der Waals surface area contributed by atoms with E-state index in [9.17, 15) is 24.0 Å². The van der Waals surface area contributed by atoms with Crippen LogP contribution in [-0.4, -0.2) is 49.9 Å². The largest absolute Gasteiger partial charge is 0.870 e. The maximum atomic E-state index is 11.0. The second-order valence-electron chi connectivity index (χ2n) is 9.73. The van der Waals surface area contributed by atoms with E-state index in [-0.39, 0.29) is 17.2 Å². The van der Waals surface area contributed by atoms with Gasteiger partial charge in [-0.05, 0) is 56.3 Å². The van der Waals surface area contributed by atoms with Crippen molar-refractivity contribution in [2.75, 3.05) is 0 Å². The van der Waals surface area contributed by atoms with E-state index in [1.54, 1.807) is 0 Å². The third-order valence-corrected chi connectivity index (χ3v) is 8.50. The Bertz CT molecular complexity index is 610. The monoisotopic (exact) mass is 611 g/mol. The minimum Gasteiger partial charge on any atom is -0.870 e. The third-order valence-electron chi connectivity index (χ3n) is 6.57. The Morgan fingerprint density at radius 2 is 1.14 bits per heavy atom. The first-order valence-electron chi connectivity index (χ1n) is 12.4. The van der Waals surface area contributed by atoms with Gasteiger partial charge in [0.05, 0.1) is 3.92 Å². The standard InChI is InChI=1S/C8H14O.C7H11IO.C7H12O2.C4H6O3.H2O/c1-6-4-3-5-8(9)7(6)2;1-5-3-2-4-6(9)7(5)8;1-5-3-2-4-6(8)7(5)9;1-3(5)7-4(2)6;/h6-7H,3-5H2,1-2H3;5,7H,2-4H2,1H3;5,7,9H,2-4H2,1H3;1-2H3;1H2/p-1. The molecule has 2 N–H and O–H groups in total. The van der Waals surface area contributed by atoms with Crippen molar-refractivity contribution in [3.05, 3.63) is 0 Å². The average molecular weight is 612 g/mol. The fourth-order valence-electron chi connectivity index (χ4n) is 4.02. The first kappa shape index (κ1) is 36.0. The van der Waals surface area contributed by atoms with Gasteiger partial charge in [-0.25, -0.2) is 0 Å². The molecule has 6 unspecified atom stereocenters. The lowest BCUT2D eigenvalue weighted by molar-refractivity contribution is -0.156. The lowest BCUT2D eigenvalue weighted by Crippen LogP contribution is -2.31. The number of alkyl halides is 1. The van der Waals surface area contributed by atoms with Crippen LogP contribution in [0, 0.1) is 23.7 Å². The van der Waals surface area contributed by atoms with Crippen LogP contribution in [0.5, 0.6) is 0 Å². The molecule has 6 atom stereocenters. The number of carbonyl (C=O) groups excluding carboxylic acids is 5. The van der Waals surface area contributed by atoms with Crippen molar-refractivity contribution < 1.29 is 39.3 Å². The van der Waals surface area contributed by atoms with E-state index < -0.39 is 18.0 Å². The van der Waals surface area contributed by atoms with Gasteiger partial charge < -0.3 is 15.3 Å². The van der Waals surface area contributed by atoms with Crippen molar-refractivity contribution in [3.8, 4) is 0 Å². The van der Waals surface area contributed by atoms with Crippen LogP contribution in [0.1, 0.15) is 99.3 Å². The Morgan fingerprint density at radius 3 is 1.43 bits per heavy atom. The van der Waals surface area contributed by atoms with Crippen LogP contribution in [0.25, 0.3) is 0 Å². The first-order valence-corrected chi connectivity index (χ1v) is 13.6. The summed E-state index contributed by atoms with van der Waals surface area (Å²) in [5.41, 5.74) is 0. The van der Waals surface area contributed by atoms with Crippen LogP contribution in [0.3, 0.4) is 0 Å². The molecule has 9 heteroatoms. The molecule has 0 radical (unpaired) electrons. The minimum atomic E-state index is -0.668. The van der Waals surface area contributed by atoms with E-state index >= 15 is 0 Å². The number of ether oxygens (including phenoxy) is 1. The quantitative estimate of drug-likeness (QED) is 0.177. The summed E-state index contributed by atoms with van der Waals surface area (Å²) >= 11 is 2.26. The van der Waals surface area contributed by atoms with Gasteiger partial charge in [-0.1, -0.05) is 50.3 Å². The second-order valence-corrected chi connectivity index (χ2v) is 11.1. The molecule has 0 aromatic rings. The van der Waals surface area contributed by atoms with Crippen molar-refractivity contribution in [2.45, 2.75) is 109 Å². The zero-order valence-electron chi connectivity index (χ0n) is 22.0. The lowest BCUT2D eigenvalue weighted by Gasteiger charge is -2.23. The zero-order chi connectivity index (χ0) is 26.4. The summed E-state index contributed by atoms with van der Waals surface area (Å²) in [6.07, 6.45) is 8.20. The number of esters is 2. The van der Waals surface area contributed by atoms with E-state index in [1.807, 2.05) is 13.8 Å². The average Bonchev–Trinajstić information content (AvgIpc) is 2.74. The molecule has 204 valence electrons. The van der Waals surface area contributed by atoms with Crippen LogP contribution >= 0.6 is 22.6 Å². The molecule has 0 spiro atoms. The molecule has 0 aromatic heterocycles. The number of Topliss-reactive ketones (excluding diaryl/α,β-unsaturated/α-hetero) is 3. The van der Waals surface area contributed by atoms with Crippen molar-refractivity contribution in [1.29, 1.82) is 0 Å². The van der Waals surface area contributed by atoms with E-state index in [2.05, 4.69) is 41.2 Å². The van der Waals surface area contributed by atoms with Gasteiger partial charge in [0.25, 0.3) is 0 Å². The van der Waals surface area contributed by atoms with Gasteiger partial charge in [0.15, 0.2) is 5.78 Å². The fourth-order valence-corrected chi connectivity index (χ4v) is 4.69. The molecular weight excluding hydrogens is 567 g/mol. The Balaban J connectivity index is 0. The molecule has 3 rings (SSSR count). The van der Waals surface area contributed by atoms with Gasteiger partial charge in [-0.15, -0.1) is 0 Å². The number of hydrogen-bond donors (Lipinski definition) is 1. The van der Waals surface area contributed by atoms with Gasteiger partial charge in [-0.2, -0.15) is 0 Å². The van der Waals surface area contributed by atoms with Crippen molar-refractivity contribution in [3.63, 3.8) is 0 Å². The predicted octanol–water partition coefficient (Wildman–Crippen LogP) is 4.85. The summed E-state index contributed by atoms with van der Waals surface area (Å²) in [5, 5.41) is 9.10. The number of aliphatic hydroxyl groups is 1. The fraction of sp³-hybridized carbons (Fsp3) is 0.808. The summed E-state index contributed by atoms with van der Waals surface area (Å²) < 4.78 is 4.27. The maximum absolute atomic E-state index is 11.0. The summed E-state index contributed by atoms with van der Waals surface area (Å²) in [6.45, 7) is 10.7. The van der Waals surface area contributed by atoms with E-state index in [0.717, 1.165) is 38.5 Å². The molecule has 3 saturated carbocycles. The van der Waals surface area contributed by atoms with E-state index in [4.69, 9.17) is 5.11 Å². The topological polar surface area (TPSA) is 145 Å². The lowest BCUT2D eigenvalue weighted by atomic mass is 9.81. The summed E-state index contributed by atoms with van der Waals surface area (Å²) in [4.78, 5) is 52.4.